The zero-order chi connectivity index (χ0) is 35.8. The molecule has 0 fully saturated rings. The second-order valence-electron chi connectivity index (χ2n) is 10.2. The van der Waals surface area contributed by atoms with Crippen LogP contribution in [0.4, 0.5) is 48.3 Å². The molecule has 0 aliphatic rings. The molecule has 0 radical (unpaired) electrons. The molecule has 0 saturated heterocycles. The van der Waals surface area contributed by atoms with Crippen LogP contribution in [-0.2, 0) is 21.0 Å². The van der Waals surface area contributed by atoms with Crippen molar-refractivity contribution < 1.29 is 75.8 Å². The molecule has 0 heterocycles. The second-order valence-corrected chi connectivity index (χ2v) is 13.6. The SMILES string of the molecule is CC(C)C(Oc1ccc([S+](c2ccccc2)c2ccc(OC(C(F)(F)F)C(F)(F)S(=O)(=O)[O-])cc2)cc1)C(O)(C(F)(F)F)C(F)(F)F. The van der Waals surface area contributed by atoms with E-state index in [1.807, 2.05) is 0 Å². The van der Waals surface area contributed by atoms with Crippen molar-refractivity contribution in [3.8, 4) is 11.5 Å². The van der Waals surface area contributed by atoms with Crippen molar-refractivity contribution in [3.05, 3.63) is 78.9 Å². The maximum atomic E-state index is 13.9. The van der Waals surface area contributed by atoms with E-state index < -0.39 is 80.0 Å². The predicted molar refractivity (Wildman–Crippen MR) is 143 cm³/mol. The van der Waals surface area contributed by atoms with Crippen molar-refractivity contribution in [2.24, 2.45) is 5.92 Å². The summed E-state index contributed by atoms with van der Waals surface area (Å²) >= 11 is 0. The lowest BCUT2D eigenvalue weighted by Gasteiger charge is -2.40. The summed E-state index contributed by atoms with van der Waals surface area (Å²) in [6.07, 6.45) is -25.5. The van der Waals surface area contributed by atoms with Gasteiger partial charge in [-0.15, -0.1) is 0 Å². The Balaban J connectivity index is 2.00. The van der Waals surface area contributed by atoms with Crippen molar-refractivity contribution in [1.29, 1.82) is 0 Å². The molecular formula is C28H23F11O6S2. The molecule has 0 aliphatic carbocycles. The standard InChI is InChI=1S/C28H23F11O6S2/c1-16(2)22(24(40,27(34,35)36)28(37,38)39)44-17-8-12-20(13-9-17)46(19-6-4-3-5-7-19)21-14-10-18(11-15-21)45-23(25(29,30)31)26(32,33)47(41,42)43/h3-16,22-23,40H,1-2H3. The van der Waals surface area contributed by atoms with E-state index in [-0.39, 0.29) is 4.90 Å². The highest BCUT2D eigenvalue weighted by Gasteiger charge is 2.75. The fourth-order valence-electron chi connectivity index (χ4n) is 4.20. The number of rotatable bonds is 11. The van der Waals surface area contributed by atoms with E-state index in [4.69, 9.17) is 4.74 Å². The second kappa shape index (κ2) is 13.3. The Morgan fingerprint density at radius 3 is 1.38 bits per heavy atom. The van der Waals surface area contributed by atoms with Gasteiger partial charge in [0.05, 0.1) is 10.9 Å². The average Bonchev–Trinajstić information content (AvgIpc) is 2.94. The molecule has 0 aromatic heterocycles. The van der Waals surface area contributed by atoms with E-state index in [9.17, 15) is 66.4 Å². The smallest absolute Gasteiger partial charge is 0.432 e. The van der Waals surface area contributed by atoms with E-state index in [0.29, 0.717) is 9.79 Å². The average molecular weight is 729 g/mol. The fraction of sp³-hybridized carbons (Fsp3) is 0.357. The van der Waals surface area contributed by atoms with Crippen LogP contribution in [0.2, 0.25) is 0 Å². The van der Waals surface area contributed by atoms with Gasteiger partial charge in [-0.1, -0.05) is 32.0 Å². The minimum atomic E-state index is -6.80. The highest BCUT2D eigenvalue weighted by atomic mass is 32.2. The third-order valence-corrected chi connectivity index (χ3v) is 9.54. The first-order valence-electron chi connectivity index (χ1n) is 12.9. The van der Waals surface area contributed by atoms with Gasteiger partial charge in [-0.25, -0.2) is 8.42 Å². The molecule has 6 nitrogen and oxygen atoms in total. The largest absolute Gasteiger partial charge is 0.743 e. The molecule has 19 heteroatoms. The Kier molecular flexibility index (Phi) is 10.8. The zero-order valence-electron chi connectivity index (χ0n) is 23.7. The number of hydrogen-bond donors (Lipinski definition) is 1. The van der Waals surface area contributed by atoms with E-state index in [1.165, 1.54) is 12.1 Å². The summed E-state index contributed by atoms with van der Waals surface area (Å²) in [5, 5.41) is 4.01. The van der Waals surface area contributed by atoms with Gasteiger partial charge in [0, 0.05) is 0 Å². The Labute approximate surface area is 263 Å². The summed E-state index contributed by atoms with van der Waals surface area (Å²) in [6.45, 7) is 1.97. The first kappa shape index (κ1) is 38.2. The normalized spacial score (nSPS) is 15.7. The molecule has 0 aliphatic heterocycles. The lowest BCUT2D eigenvalue weighted by molar-refractivity contribution is -0.392. The number of ether oxygens (including phenoxy) is 2. The quantitative estimate of drug-likeness (QED) is 0.125. The third-order valence-electron chi connectivity index (χ3n) is 6.43. The first-order valence-corrected chi connectivity index (χ1v) is 15.5. The number of hydrogen-bond acceptors (Lipinski definition) is 6. The van der Waals surface area contributed by atoms with Crippen LogP contribution < -0.4 is 9.47 Å². The highest BCUT2D eigenvalue weighted by molar-refractivity contribution is 7.97. The maximum Gasteiger partial charge on any atom is 0.432 e. The van der Waals surface area contributed by atoms with Crippen molar-refractivity contribution in [3.63, 3.8) is 0 Å². The van der Waals surface area contributed by atoms with Crippen LogP contribution in [0.25, 0.3) is 0 Å². The van der Waals surface area contributed by atoms with Gasteiger partial charge in [-0.05, 0) is 66.6 Å². The van der Waals surface area contributed by atoms with E-state index >= 15 is 0 Å². The summed E-state index contributed by atoms with van der Waals surface area (Å²) in [4.78, 5) is 1.17. The van der Waals surface area contributed by atoms with Crippen LogP contribution in [0.5, 0.6) is 11.5 Å². The van der Waals surface area contributed by atoms with Crippen molar-refractivity contribution in [1.82, 2.24) is 0 Å². The van der Waals surface area contributed by atoms with Crippen molar-refractivity contribution in [2.75, 3.05) is 0 Å². The van der Waals surface area contributed by atoms with Crippen LogP contribution in [-0.4, -0.2) is 59.7 Å². The molecule has 260 valence electrons. The highest BCUT2D eigenvalue weighted by Crippen LogP contribution is 2.48. The monoisotopic (exact) mass is 728 g/mol. The van der Waals surface area contributed by atoms with E-state index in [1.54, 1.807) is 30.3 Å². The number of halogens is 11. The van der Waals surface area contributed by atoms with Gasteiger partial charge in [0.15, 0.2) is 24.8 Å². The van der Waals surface area contributed by atoms with Gasteiger partial charge >= 0.3 is 23.8 Å². The third kappa shape index (κ3) is 8.06. The summed E-state index contributed by atoms with van der Waals surface area (Å²) in [6, 6.07) is 16.5. The van der Waals surface area contributed by atoms with Gasteiger partial charge in [0.2, 0.25) is 0 Å². The Morgan fingerprint density at radius 2 is 1.04 bits per heavy atom. The minimum absolute atomic E-state index is 0.285. The van der Waals surface area contributed by atoms with Crippen molar-refractivity contribution >= 4 is 21.0 Å². The number of alkyl halides is 11. The Bertz CT molecular complexity index is 1580. The van der Waals surface area contributed by atoms with Crippen LogP contribution in [0.15, 0.2) is 93.5 Å². The van der Waals surface area contributed by atoms with Gasteiger partial charge < -0.3 is 19.1 Å². The predicted octanol–water partition coefficient (Wildman–Crippen LogP) is 7.49. The molecule has 3 unspecified atom stereocenters. The summed E-state index contributed by atoms with van der Waals surface area (Å²) in [5.74, 6) is -2.86. The molecule has 3 aromatic rings. The molecule has 0 amide bonds. The van der Waals surface area contributed by atoms with Crippen LogP contribution >= 0.6 is 0 Å². The molecule has 0 spiro atoms. The Morgan fingerprint density at radius 1 is 0.660 bits per heavy atom. The molecule has 3 rings (SSSR count). The topological polar surface area (TPSA) is 95.9 Å². The van der Waals surface area contributed by atoms with E-state index in [2.05, 4.69) is 4.74 Å². The van der Waals surface area contributed by atoms with Gasteiger partial charge in [-0.2, -0.15) is 48.3 Å². The molecule has 3 aromatic carbocycles. The van der Waals surface area contributed by atoms with Crippen molar-refractivity contribution in [2.45, 2.75) is 70.1 Å². The van der Waals surface area contributed by atoms with Gasteiger partial charge in [0.25, 0.3) is 11.7 Å². The van der Waals surface area contributed by atoms with E-state index in [0.717, 1.165) is 50.2 Å². The fourth-order valence-corrected chi connectivity index (χ4v) is 6.71. The van der Waals surface area contributed by atoms with Gasteiger partial charge in [-0.3, -0.25) is 0 Å². The van der Waals surface area contributed by atoms with Crippen LogP contribution in [0.1, 0.15) is 13.8 Å². The van der Waals surface area contributed by atoms with Crippen LogP contribution in [0, 0.1) is 5.92 Å². The summed E-state index contributed by atoms with van der Waals surface area (Å²) in [7, 11) is -8.00. The Hall–Kier alpha value is -3.29. The van der Waals surface area contributed by atoms with Gasteiger partial charge in [0.1, 0.15) is 17.6 Å². The number of benzene rings is 3. The summed E-state index contributed by atoms with van der Waals surface area (Å²) in [5.41, 5.74) is -5.22. The first-order chi connectivity index (χ1) is 21.3. The molecular weight excluding hydrogens is 705 g/mol. The lowest BCUT2D eigenvalue weighted by Crippen LogP contribution is -2.67. The molecule has 0 bridgehead atoms. The lowest BCUT2D eigenvalue weighted by atomic mass is 9.87. The van der Waals surface area contributed by atoms with Crippen LogP contribution in [0.3, 0.4) is 0 Å². The maximum absolute atomic E-state index is 13.9. The molecule has 3 atom stereocenters. The zero-order valence-corrected chi connectivity index (χ0v) is 25.3. The summed E-state index contributed by atoms with van der Waals surface area (Å²) < 4.78 is 191. The number of aliphatic hydroxyl groups is 1. The minimum Gasteiger partial charge on any atom is -0.743 e. The molecule has 0 saturated carbocycles. The molecule has 47 heavy (non-hydrogen) atoms. The molecule has 1 N–H and O–H groups in total.